The zero-order valence-electron chi connectivity index (χ0n) is 16.5. The van der Waals surface area contributed by atoms with Crippen LogP contribution in [0.15, 0.2) is 58.4 Å². The van der Waals surface area contributed by atoms with Crippen LogP contribution in [0.1, 0.15) is 31.5 Å². The normalized spacial score (nSPS) is 11.3. The molecule has 7 heteroatoms. The van der Waals surface area contributed by atoms with Gasteiger partial charge in [-0.15, -0.1) is 0 Å². The van der Waals surface area contributed by atoms with E-state index in [1.165, 1.54) is 0 Å². The van der Waals surface area contributed by atoms with Gasteiger partial charge >= 0.3 is 0 Å². The second kappa shape index (κ2) is 9.64. The monoisotopic (exact) mass is 392 g/mol. The molecule has 150 valence electrons. The number of hydrogen-bond donors (Lipinski definition) is 2. The minimum atomic E-state index is -0.285. The lowest BCUT2D eigenvalue weighted by atomic mass is 10.2. The molecule has 0 fully saturated rings. The van der Waals surface area contributed by atoms with Crippen molar-refractivity contribution in [2.24, 2.45) is 11.0 Å². The molecule has 1 amide bonds. The first kappa shape index (κ1) is 20.3. The Bertz CT molecular complexity index is 1060. The maximum Gasteiger partial charge on any atom is 0.270 e. The average molecular weight is 392 g/mol. The fourth-order valence-corrected chi connectivity index (χ4v) is 2.62. The molecule has 0 unspecified atom stereocenters. The van der Waals surface area contributed by atoms with E-state index < -0.39 is 0 Å². The van der Waals surface area contributed by atoms with Crippen molar-refractivity contribution in [1.29, 1.82) is 0 Å². The molecule has 3 aromatic rings. The number of para-hydroxylation sites is 2. The molecular weight excluding hydrogens is 368 g/mol. The van der Waals surface area contributed by atoms with Gasteiger partial charge in [-0.05, 0) is 47.9 Å². The number of aromatic amines is 1. The quantitative estimate of drug-likeness (QED) is 0.455. The molecule has 0 aliphatic carbocycles. The Labute approximate surface area is 168 Å². The number of H-pyrrole nitrogens is 1. The first-order chi connectivity index (χ1) is 14.0. The highest BCUT2D eigenvalue weighted by Gasteiger charge is 2.07. The molecule has 0 bridgehead atoms. The fraction of sp³-hybridized carbons (Fsp3) is 0.273. The van der Waals surface area contributed by atoms with Crippen LogP contribution in [-0.2, 0) is 11.2 Å². The highest BCUT2D eigenvalue weighted by Crippen LogP contribution is 2.12. The van der Waals surface area contributed by atoms with Crippen LogP contribution in [0.5, 0.6) is 5.75 Å². The molecule has 0 radical (unpaired) electrons. The van der Waals surface area contributed by atoms with Gasteiger partial charge in [-0.2, -0.15) is 5.10 Å². The smallest absolute Gasteiger partial charge is 0.270 e. The summed E-state index contributed by atoms with van der Waals surface area (Å²) in [6.45, 7) is 4.85. The lowest BCUT2D eigenvalue weighted by Gasteiger charge is -2.08. The van der Waals surface area contributed by atoms with Gasteiger partial charge in [0.25, 0.3) is 5.56 Å². The van der Waals surface area contributed by atoms with Crippen LogP contribution >= 0.6 is 0 Å². The average Bonchev–Trinajstić information content (AvgIpc) is 2.71. The summed E-state index contributed by atoms with van der Waals surface area (Å²) in [5.41, 5.74) is 4.74. The van der Waals surface area contributed by atoms with Crippen molar-refractivity contribution in [3.63, 3.8) is 0 Å². The zero-order chi connectivity index (χ0) is 20.6. The summed E-state index contributed by atoms with van der Waals surface area (Å²) in [6, 6.07) is 14.7. The number of nitrogens with zero attached hydrogens (tertiary/aromatic N) is 2. The van der Waals surface area contributed by atoms with Crippen molar-refractivity contribution in [2.75, 3.05) is 6.61 Å². The third-order valence-electron chi connectivity index (χ3n) is 4.12. The fourth-order valence-electron chi connectivity index (χ4n) is 2.62. The number of fused-ring (bicyclic) bond motifs is 1. The molecule has 0 spiro atoms. The van der Waals surface area contributed by atoms with Crippen molar-refractivity contribution in [3.05, 3.63) is 70.1 Å². The first-order valence-electron chi connectivity index (χ1n) is 9.54. The number of hydrogen-bond acceptors (Lipinski definition) is 5. The molecule has 2 aromatic carbocycles. The van der Waals surface area contributed by atoms with Crippen LogP contribution in [0, 0.1) is 5.92 Å². The van der Waals surface area contributed by atoms with Crippen molar-refractivity contribution in [3.8, 4) is 5.75 Å². The van der Waals surface area contributed by atoms with Gasteiger partial charge in [0.05, 0.1) is 23.9 Å². The molecule has 0 saturated carbocycles. The number of aromatic nitrogens is 2. The Kier molecular flexibility index (Phi) is 6.73. The summed E-state index contributed by atoms with van der Waals surface area (Å²) in [5.74, 6) is 0.979. The van der Waals surface area contributed by atoms with Gasteiger partial charge < -0.3 is 9.72 Å². The van der Waals surface area contributed by atoms with E-state index in [-0.39, 0.29) is 24.3 Å². The highest BCUT2D eigenvalue weighted by atomic mass is 16.5. The summed E-state index contributed by atoms with van der Waals surface area (Å²) >= 11 is 0. The van der Waals surface area contributed by atoms with Gasteiger partial charge in [0.15, 0.2) is 0 Å². The number of nitrogens with one attached hydrogen (secondary N) is 2. The van der Waals surface area contributed by atoms with E-state index in [4.69, 9.17) is 4.74 Å². The number of carbonyl (C=O) groups is 1. The Morgan fingerprint density at radius 3 is 2.72 bits per heavy atom. The van der Waals surface area contributed by atoms with E-state index in [0.717, 1.165) is 11.3 Å². The third-order valence-corrected chi connectivity index (χ3v) is 4.12. The molecule has 0 saturated heterocycles. The second-order valence-electron chi connectivity index (χ2n) is 7.10. The van der Waals surface area contributed by atoms with Gasteiger partial charge in [-0.3, -0.25) is 9.59 Å². The topological polar surface area (TPSA) is 96.4 Å². The number of amides is 1. The minimum absolute atomic E-state index is 0.119. The number of carbonyl (C=O) groups excluding carboxylic acids is 1. The molecule has 7 nitrogen and oxygen atoms in total. The van der Waals surface area contributed by atoms with Gasteiger partial charge in [0.1, 0.15) is 11.4 Å². The van der Waals surface area contributed by atoms with Crippen molar-refractivity contribution < 1.29 is 9.53 Å². The van der Waals surface area contributed by atoms with Crippen LogP contribution in [0.2, 0.25) is 0 Å². The molecule has 0 aliphatic heterocycles. The summed E-state index contributed by atoms with van der Waals surface area (Å²) in [6.07, 6.45) is 1.92. The molecular formula is C22H24N4O3. The lowest BCUT2D eigenvalue weighted by molar-refractivity contribution is -0.121. The summed E-state index contributed by atoms with van der Waals surface area (Å²) < 4.78 is 5.63. The minimum Gasteiger partial charge on any atom is -0.493 e. The van der Waals surface area contributed by atoms with E-state index in [2.05, 4.69) is 34.3 Å². The molecule has 0 atom stereocenters. The number of aryl methyl sites for hydroxylation is 1. The van der Waals surface area contributed by atoms with Gasteiger partial charge in [0, 0.05) is 12.8 Å². The largest absolute Gasteiger partial charge is 0.493 e. The molecule has 1 aromatic heterocycles. The predicted octanol–water partition coefficient (Wildman–Crippen LogP) is 3.04. The van der Waals surface area contributed by atoms with E-state index in [0.29, 0.717) is 29.3 Å². The SMILES string of the molecule is CC(C)COc1ccc(/C=N\NC(=O)CCc2nc3ccccc3[nH]c2=O)cc1. The predicted molar refractivity (Wildman–Crippen MR) is 113 cm³/mol. The van der Waals surface area contributed by atoms with E-state index in [9.17, 15) is 9.59 Å². The van der Waals surface area contributed by atoms with Crippen molar-refractivity contribution in [2.45, 2.75) is 26.7 Å². The van der Waals surface area contributed by atoms with E-state index >= 15 is 0 Å². The van der Waals surface area contributed by atoms with Crippen molar-refractivity contribution in [1.82, 2.24) is 15.4 Å². The second-order valence-corrected chi connectivity index (χ2v) is 7.10. The van der Waals surface area contributed by atoms with Crippen LogP contribution in [-0.4, -0.2) is 28.7 Å². The van der Waals surface area contributed by atoms with Crippen molar-refractivity contribution >= 4 is 23.2 Å². The molecule has 3 rings (SSSR count). The molecule has 1 heterocycles. The maximum absolute atomic E-state index is 12.1. The Morgan fingerprint density at radius 1 is 1.21 bits per heavy atom. The standard InChI is InChI=1S/C22H24N4O3/c1-15(2)14-29-17-9-7-16(8-10-17)13-23-26-21(27)12-11-20-22(28)25-19-6-4-3-5-18(19)24-20/h3-10,13,15H,11-12,14H2,1-2H3,(H,25,28)(H,26,27)/b23-13-. The van der Waals surface area contributed by atoms with Gasteiger partial charge in [0.2, 0.25) is 5.91 Å². The van der Waals surface area contributed by atoms with Crippen LogP contribution in [0.4, 0.5) is 0 Å². The Hall–Kier alpha value is -3.48. The van der Waals surface area contributed by atoms with Crippen LogP contribution in [0.25, 0.3) is 11.0 Å². The number of benzene rings is 2. The van der Waals surface area contributed by atoms with Gasteiger partial charge in [-0.1, -0.05) is 26.0 Å². The Balaban J connectivity index is 1.50. The number of rotatable bonds is 8. The highest BCUT2D eigenvalue weighted by molar-refractivity contribution is 5.82. The lowest BCUT2D eigenvalue weighted by Crippen LogP contribution is -2.21. The summed E-state index contributed by atoms with van der Waals surface area (Å²) in [7, 11) is 0. The first-order valence-corrected chi connectivity index (χ1v) is 9.54. The molecule has 29 heavy (non-hydrogen) atoms. The molecule has 0 aliphatic rings. The van der Waals surface area contributed by atoms with Crippen LogP contribution < -0.4 is 15.7 Å². The summed E-state index contributed by atoms with van der Waals surface area (Å²) in [4.78, 5) is 31.2. The maximum atomic E-state index is 12.1. The van der Waals surface area contributed by atoms with E-state index in [1.54, 1.807) is 12.3 Å². The van der Waals surface area contributed by atoms with E-state index in [1.807, 2.05) is 42.5 Å². The Morgan fingerprint density at radius 2 is 1.97 bits per heavy atom. The van der Waals surface area contributed by atoms with Gasteiger partial charge in [-0.25, -0.2) is 10.4 Å². The number of hydrazone groups is 1. The molecule has 2 N–H and O–H groups in total. The third kappa shape index (κ3) is 6.00. The zero-order valence-corrected chi connectivity index (χ0v) is 16.5. The summed E-state index contributed by atoms with van der Waals surface area (Å²) in [5, 5.41) is 3.96. The van der Waals surface area contributed by atoms with Crippen LogP contribution in [0.3, 0.4) is 0 Å². The number of ether oxygens (including phenoxy) is 1.